The molecule has 0 heterocycles. The molecule has 0 saturated heterocycles. The minimum atomic E-state index is -0.207. The highest BCUT2D eigenvalue weighted by Crippen LogP contribution is 2.23. The molecule has 0 aromatic heterocycles. The summed E-state index contributed by atoms with van der Waals surface area (Å²) in [5.41, 5.74) is 2.83. The second kappa shape index (κ2) is 8.02. The molecule has 0 aliphatic carbocycles. The van der Waals surface area contributed by atoms with Crippen molar-refractivity contribution in [2.75, 3.05) is 11.9 Å². The van der Waals surface area contributed by atoms with Gasteiger partial charge in [-0.25, -0.2) is 0 Å². The monoisotopic (exact) mass is 331 g/mol. The van der Waals surface area contributed by atoms with Crippen LogP contribution < -0.4 is 10.1 Å². The van der Waals surface area contributed by atoms with E-state index in [1.807, 2.05) is 37.3 Å². The summed E-state index contributed by atoms with van der Waals surface area (Å²) in [5, 5.41) is 3.44. The number of hydrogen-bond donors (Lipinski definition) is 1. The molecule has 2 aromatic rings. The SMILES string of the molecule is CC[C@@H](C)c1ccc(OCC(=O)Nc2cccc(Cl)c2C)cc1. The number of anilines is 1. The van der Waals surface area contributed by atoms with Crippen LogP contribution in [0.4, 0.5) is 5.69 Å². The molecule has 1 N–H and O–H groups in total. The van der Waals surface area contributed by atoms with Crippen molar-refractivity contribution in [1.29, 1.82) is 0 Å². The van der Waals surface area contributed by atoms with Crippen LogP contribution >= 0.6 is 11.6 Å². The second-order valence-electron chi connectivity index (χ2n) is 5.63. The summed E-state index contributed by atoms with van der Waals surface area (Å²) in [4.78, 5) is 12.0. The summed E-state index contributed by atoms with van der Waals surface area (Å²) in [6, 6.07) is 13.3. The van der Waals surface area contributed by atoms with Crippen molar-refractivity contribution in [1.82, 2.24) is 0 Å². The van der Waals surface area contributed by atoms with E-state index in [1.165, 1.54) is 5.56 Å². The van der Waals surface area contributed by atoms with Gasteiger partial charge in [0.2, 0.25) is 0 Å². The summed E-state index contributed by atoms with van der Waals surface area (Å²) < 4.78 is 5.53. The molecular weight excluding hydrogens is 310 g/mol. The Morgan fingerprint density at radius 2 is 1.91 bits per heavy atom. The van der Waals surface area contributed by atoms with Crippen LogP contribution in [0.15, 0.2) is 42.5 Å². The van der Waals surface area contributed by atoms with Crippen LogP contribution in [0, 0.1) is 6.92 Å². The van der Waals surface area contributed by atoms with Gasteiger partial charge in [0.1, 0.15) is 5.75 Å². The van der Waals surface area contributed by atoms with Crippen molar-refractivity contribution in [3.8, 4) is 5.75 Å². The first-order chi connectivity index (χ1) is 11.0. The predicted molar refractivity (Wildman–Crippen MR) is 95.5 cm³/mol. The Kier molecular flexibility index (Phi) is 6.05. The molecule has 0 unspecified atom stereocenters. The normalized spacial score (nSPS) is 11.8. The Labute approximate surface area is 142 Å². The van der Waals surface area contributed by atoms with Gasteiger partial charge in [-0.3, -0.25) is 4.79 Å². The van der Waals surface area contributed by atoms with Crippen LogP contribution in [0.25, 0.3) is 0 Å². The summed E-state index contributed by atoms with van der Waals surface area (Å²) >= 11 is 6.04. The third kappa shape index (κ3) is 4.73. The number of carbonyl (C=O) groups excluding carboxylic acids is 1. The van der Waals surface area contributed by atoms with E-state index < -0.39 is 0 Å². The third-order valence-electron chi connectivity index (χ3n) is 3.97. The van der Waals surface area contributed by atoms with Gasteiger partial charge in [0.25, 0.3) is 5.91 Å². The van der Waals surface area contributed by atoms with Crippen LogP contribution in [-0.2, 0) is 4.79 Å². The number of benzene rings is 2. The summed E-state index contributed by atoms with van der Waals surface area (Å²) in [6.07, 6.45) is 1.10. The standard InChI is InChI=1S/C19H22ClNO2/c1-4-13(2)15-8-10-16(11-9-15)23-12-19(22)21-18-7-5-6-17(20)14(18)3/h5-11,13H,4,12H2,1-3H3,(H,21,22)/t13-/m1/s1. The fraction of sp³-hybridized carbons (Fsp3) is 0.316. The molecule has 0 radical (unpaired) electrons. The van der Waals surface area contributed by atoms with E-state index in [0.717, 1.165) is 12.0 Å². The van der Waals surface area contributed by atoms with Crippen LogP contribution in [0.3, 0.4) is 0 Å². The highest BCUT2D eigenvalue weighted by Gasteiger charge is 2.08. The number of nitrogens with one attached hydrogen (secondary N) is 1. The van der Waals surface area contributed by atoms with Gasteiger partial charge < -0.3 is 10.1 Å². The van der Waals surface area contributed by atoms with Crippen LogP contribution in [0.5, 0.6) is 5.75 Å². The smallest absolute Gasteiger partial charge is 0.262 e. The fourth-order valence-electron chi connectivity index (χ4n) is 2.21. The van der Waals surface area contributed by atoms with Crippen molar-refractivity contribution >= 4 is 23.2 Å². The molecule has 1 atom stereocenters. The second-order valence-corrected chi connectivity index (χ2v) is 6.03. The third-order valence-corrected chi connectivity index (χ3v) is 4.38. The van der Waals surface area contributed by atoms with Gasteiger partial charge in [-0.15, -0.1) is 0 Å². The predicted octanol–water partition coefficient (Wildman–Crippen LogP) is 5.18. The molecule has 0 aliphatic heterocycles. The molecule has 0 spiro atoms. The quantitative estimate of drug-likeness (QED) is 0.792. The maximum Gasteiger partial charge on any atom is 0.262 e. The van der Waals surface area contributed by atoms with E-state index >= 15 is 0 Å². The molecule has 0 aliphatic rings. The number of amides is 1. The Morgan fingerprint density at radius 1 is 1.22 bits per heavy atom. The molecule has 0 saturated carbocycles. The zero-order valence-electron chi connectivity index (χ0n) is 13.7. The zero-order valence-corrected chi connectivity index (χ0v) is 14.5. The van der Waals surface area contributed by atoms with Gasteiger partial charge in [-0.1, -0.05) is 43.6 Å². The van der Waals surface area contributed by atoms with Gasteiger partial charge in [-0.05, 0) is 54.7 Å². The van der Waals surface area contributed by atoms with E-state index in [9.17, 15) is 4.79 Å². The van der Waals surface area contributed by atoms with E-state index in [1.54, 1.807) is 12.1 Å². The number of ether oxygens (including phenoxy) is 1. The first kappa shape index (κ1) is 17.4. The molecule has 1 amide bonds. The topological polar surface area (TPSA) is 38.3 Å². The molecular formula is C19H22ClNO2. The van der Waals surface area contributed by atoms with Crippen molar-refractivity contribution < 1.29 is 9.53 Å². The number of hydrogen-bond acceptors (Lipinski definition) is 2. The van der Waals surface area contributed by atoms with E-state index in [4.69, 9.17) is 16.3 Å². The maximum atomic E-state index is 12.0. The van der Waals surface area contributed by atoms with Crippen LogP contribution in [-0.4, -0.2) is 12.5 Å². The maximum absolute atomic E-state index is 12.0. The number of carbonyl (C=O) groups is 1. The molecule has 2 rings (SSSR count). The number of halogens is 1. The lowest BCUT2D eigenvalue weighted by molar-refractivity contribution is -0.118. The average Bonchev–Trinajstić information content (AvgIpc) is 2.57. The Balaban J connectivity index is 1.90. The fourth-order valence-corrected chi connectivity index (χ4v) is 2.38. The van der Waals surface area contributed by atoms with Crippen molar-refractivity contribution in [3.63, 3.8) is 0 Å². The first-order valence-corrected chi connectivity index (χ1v) is 8.16. The largest absolute Gasteiger partial charge is 0.484 e. The highest BCUT2D eigenvalue weighted by molar-refractivity contribution is 6.31. The Hall–Kier alpha value is -2.00. The van der Waals surface area contributed by atoms with Crippen LogP contribution in [0.2, 0.25) is 5.02 Å². The molecule has 2 aromatic carbocycles. The molecule has 0 bridgehead atoms. The lowest BCUT2D eigenvalue weighted by Gasteiger charge is -2.12. The van der Waals surface area contributed by atoms with Crippen molar-refractivity contribution in [2.24, 2.45) is 0 Å². The van der Waals surface area contributed by atoms with E-state index in [2.05, 4.69) is 19.2 Å². The lowest BCUT2D eigenvalue weighted by Crippen LogP contribution is -2.20. The Bertz CT molecular complexity index is 668. The molecule has 3 nitrogen and oxygen atoms in total. The molecule has 0 fully saturated rings. The summed E-state index contributed by atoms with van der Waals surface area (Å²) in [5.74, 6) is 1.01. The van der Waals surface area contributed by atoms with Gasteiger partial charge >= 0.3 is 0 Å². The van der Waals surface area contributed by atoms with Gasteiger partial charge in [-0.2, -0.15) is 0 Å². The summed E-state index contributed by atoms with van der Waals surface area (Å²) in [6.45, 7) is 6.19. The molecule has 23 heavy (non-hydrogen) atoms. The summed E-state index contributed by atoms with van der Waals surface area (Å²) in [7, 11) is 0. The minimum Gasteiger partial charge on any atom is -0.484 e. The van der Waals surface area contributed by atoms with Crippen molar-refractivity contribution in [3.05, 3.63) is 58.6 Å². The van der Waals surface area contributed by atoms with Crippen LogP contribution in [0.1, 0.15) is 37.3 Å². The average molecular weight is 332 g/mol. The zero-order chi connectivity index (χ0) is 16.8. The van der Waals surface area contributed by atoms with E-state index in [-0.39, 0.29) is 12.5 Å². The van der Waals surface area contributed by atoms with Gasteiger partial charge in [0.05, 0.1) is 0 Å². The number of rotatable bonds is 6. The van der Waals surface area contributed by atoms with Gasteiger partial charge in [0.15, 0.2) is 6.61 Å². The minimum absolute atomic E-state index is 0.0331. The lowest BCUT2D eigenvalue weighted by atomic mass is 9.99. The van der Waals surface area contributed by atoms with Crippen molar-refractivity contribution in [2.45, 2.75) is 33.1 Å². The van der Waals surface area contributed by atoms with E-state index in [0.29, 0.717) is 22.4 Å². The first-order valence-electron chi connectivity index (χ1n) is 7.79. The Morgan fingerprint density at radius 3 is 2.57 bits per heavy atom. The molecule has 4 heteroatoms. The molecule has 122 valence electrons. The highest BCUT2D eigenvalue weighted by atomic mass is 35.5. The van der Waals surface area contributed by atoms with Gasteiger partial charge in [0, 0.05) is 10.7 Å².